The zero-order valence-electron chi connectivity index (χ0n) is 13.7. The first-order chi connectivity index (χ1) is 11.8. The summed E-state index contributed by atoms with van der Waals surface area (Å²) >= 11 is 0. The molecule has 5 rings (SSSR count). The van der Waals surface area contributed by atoms with Crippen molar-refractivity contribution in [3.63, 3.8) is 0 Å². The van der Waals surface area contributed by atoms with E-state index in [9.17, 15) is 18.0 Å². The van der Waals surface area contributed by atoms with Crippen molar-refractivity contribution >= 4 is 6.03 Å². The van der Waals surface area contributed by atoms with E-state index in [1.807, 2.05) is 24.3 Å². The Balaban J connectivity index is 1.29. The van der Waals surface area contributed by atoms with Gasteiger partial charge in [-0.25, -0.2) is 4.79 Å². The van der Waals surface area contributed by atoms with Crippen LogP contribution in [0.15, 0.2) is 24.3 Å². The van der Waals surface area contributed by atoms with Gasteiger partial charge in [0.1, 0.15) is 0 Å². The lowest BCUT2D eigenvalue weighted by Gasteiger charge is -2.39. The topological polar surface area (TPSA) is 50.4 Å². The number of nitrogens with one attached hydrogen (secondary N) is 2. The second kappa shape index (κ2) is 5.90. The quantitative estimate of drug-likeness (QED) is 0.871. The van der Waals surface area contributed by atoms with E-state index >= 15 is 0 Å². The minimum atomic E-state index is -4.16. The van der Waals surface area contributed by atoms with Crippen molar-refractivity contribution in [2.24, 2.45) is 11.8 Å². The third-order valence-electron chi connectivity index (χ3n) is 5.80. The summed E-state index contributed by atoms with van der Waals surface area (Å²) in [6.07, 6.45) is -3.29. The Morgan fingerprint density at radius 3 is 2.60 bits per heavy atom. The highest BCUT2D eigenvalue weighted by Crippen LogP contribution is 2.60. The van der Waals surface area contributed by atoms with Crippen LogP contribution in [0.4, 0.5) is 18.0 Å². The van der Waals surface area contributed by atoms with E-state index in [2.05, 4.69) is 10.6 Å². The summed E-state index contributed by atoms with van der Waals surface area (Å²) in [5.74, 6) is -1.19. The summed E-state index contributed by atoms with van der Waals surface area (Å²) in [7, 11) is 0. The Hall–Kier alpha value is -1.76. The monoisotopic (exact) mass is 354 g/mol. The van der Waals surface area contributed by atoms with Crippen LogP contribution in [-0.4, -0.2) is 31.0 Å². The van der Waals surface area contributed by atoms with E-state index in [4.69, 9.17) is 4.74 Å². The number of amides is 2. The molecule has 2 amide bonds. The Bertz CT molecular complexity index is 667. The van der Waals surface area contributed by atoms with E-state index in [1.165, 1.54) is 5.56 Å². The maximum atomic E-state index is 12.9. The fourth-order valence-electron chi connectivity index (χ4n) is 4.37. The highest BCUT2D eigenvalue weighted by atomic mass is 19.4. The number of carbonyl (C=O) groups is 1. The summed E-state index contributed by atoms with van der Waals surface area (Å²) in [6.45, 7) is 1.80. The number of urea groups is 1. The van der Waals surface area contributed by atoms with Gasteiger partial charge in [-0.2, -0.15) is 13.2 Å². The van der Waals surface area contributed by atoms with Gasteiger partial charge in [0, 0.05) is 18.0 Å². The third kappa shape index (κ3) is 3.21. The van der Waals surface area contributed by atoms with Crippen LogP contribution in [0.5, 0.6) is 0 Å². The van der Waals surface area contributed by atoms with Gasteiger partial charge in [-0.3, -0.25) is 0 Å². The molecule has 2 bridgehead atoms. The predicted molar refractivity (Wildman–Crippen MR) is 85.0 cm³/mol. The van der Waals surface area contributed by atoms with Crippen molar-refractivity contribution < 1.29 is 22.7 Å². The van der Waals surface area contributed by atoms with Crippen LogP contribution in [0.3, 0.4) is 0 Å². The molecule has 4 aliphatic rings. The SMILES string of the molecule is O=C(NCc1cccc(C2COC2)c1)NC12CC(C1)C(C(F)(F)F)C2. The summed E-state index contributed by atoms with van der Waals surface area (Å²) < 4.78 is 43.9. The minimum absolute atomic E-state index is 0.00571. The molecule has 25 heavy (non-hydrogen) atoms. The fourth-order valence-corrected chi connectivity index (χ4v) is 4.37. The van der Waals surface area contributed by atoms with Crippen molar-refractivity contribution in [3.05, 3.63) is 35.4 Å². The number of carbonyl (C=O) groups excluding carboxylic acids is 1. The van der Waals surface area contributed by atoms with Crippen molar-refractivity contribution in [3.8, 4) is 0 Å². The van der Waals surface area contributed by atoms with Gasteiger partial charge in [0.25, 0.3) is 0 Å². The molecule has 3 aliphatic carbocycles. The maximum absolute atomic E-state index is 12.9. The van der Waals surface area contributed by atoms with E-state index in [1.54, 1.807) is 0 Å². The van der Waals surface area contributed by atoms with Crippen molar-refractivity contribution in [2.75, 3.05) is 13.2 Å². The average molecular weight is 354 g/mol. The lowest BCUT2D eigenvalue weighted by molar-refractivity contribution is -0.180. The van der Waals surface area contributed by atoms with Gasteiger partial charge < -0.3 is 15.4 Å². The molecule has 1 aromatic carbocycles. The number of ether oxygens (including phenoxy) is 1. The van der Waals surface area contributed by atoms with Crippen molar-refractivity contribution in [2.45, 2.75) is 43.4 Å². The van der Waals surface area contributed by atoms with Crippen LogP contribution in [0.2, 0.25) is 0 Å². The van der Waals surface area contributed by atoms with Crippen molar-refractivity contribution in [1.82, 2.24) is 10.6 Å². The molecule has 1 aromatic rings. The Morgan fingerprint density at radius 1 is 1.24 bits per heavy atom. The van der Waals surface area contributed by atoms with Crippen LogP contribution < -0.4 is 10.6 Å². The lowest BCUT2D eigenvalue weighted by atomic mass is 9.76. The standard InChI is InChI=1S/C18H21F3N2O2/c19-18(20,21)15-7-17(5-13(15)6-17)23-16(24)22-8-11-2-1-3-12(4-11)14-9-25-10-14/h1-4,13-15H,5-10H2,(H2,22,23,24). The normalized spacial score (nSPS) is 31.2. The van der Waals surface area contributed by atoms with Gasteiger partial charge in [0.05, 0.1) is 19.1 Å². The second-order valence-corrected chi connectivity index (χ2v) is 7.59. The number of hydrogen-bond donors (Lipinski definition) is 2. The molecule has 4 fully saturated rings. The van der Waals surface area contributed by atoms with Crippen LogP contribution >= 0.6 is 0 Å². The smallest absolute Gasteiger partial charge is 0.380 e. The number of hydrogen-bond acceptors (Lipinski definition) is 2. The van der Waals surface area contributed by atoms with Gasteiger partial charge in [0.15, 0.2) is 0 Å². The fraction of sp³-hybridized carbons (Fsp3) is 0.611. The molecule has 0 aromatic heterocycles. The van der Waals surface area contributed by atoms with Gasteiger partial charge in [-0.05, 0) is 36.3 Å². The number of alkyl halides is 3. The summed E-state index contributed by atoms with van der Waals surface area (Å²) in [5.41, 5.74) is 1.50. The first kappa shape index (κ1) is 16.7. The molecular weight excluding hydrogens is 333 g/mol. The third-order valence-corrected chi connectivity index (χ3v) is 5.80. The molecule has 1 saturated heterocycles. The van der Waals surface area contributed by atoms with Crippen LogP contribution in [0.25, 0.3) is 0 Å². The van der Waals surface area contributed by atoms with Crippen LogP contribution in [-0.2, 0) is 11.3 Å². The molecule has 136 valence electrons. The zero-order chi connectivity index (χ0) is 17.7. The predicted octanol–water partition coefficient (Wildman–Crippen LogP) is 3.33. The summed E-state index contributed by atoms with van der Waals surface area (Å²) in [5, 5.41) is 5.55. The number of fused-ring (bicyclic) bond motifs is 1. The van der Waals surface area contributed by atoms with Crippen LogP contribution in [0, 0.1) is 11.8 Å². The molecular formula is C18H21F3N2O2. The van der Waals surface area contributed by atoms with Gasteiger partial charge in [0.2, 0.25) is 0 Å². The molecule has 1 aliphatic heterocycles. The molecule has 1 unspecified atom stereocenters. The second-order valence-electron chi connectivity index (χ2n) is 7.59. The molecule has 0 spiro atoms. The zero-order valence-corrected chi connectivity index (χ0v) is 13.7. The summed E-state index contributed by atoms with van der Waals surface area (Å²) in [4.78, 5) is 12.1. The number of benzene rings is 1. The Labute approximate surface area is 144 Å². The van der Waals surface area contributed by atoms with Crippen molar-refractivity contribution in [1.29, 1.82) is 0 Å². The number of rotatable bonds is 4. The molecule has 3 saturated carbocycles. The first-order valence-corrected chi connectivity index (χ1v) is 8.64. The van der Waals surface area contributed by atoms with E-state index < -0.39 is 23.7 Å². The average Bonchev–Trinajstić information content (AvgIpc) is 2.99. The van der Waals surface area contributed by atoms with Crippen LogP contribution in [0.1, 0.15) is 36.3 Å². The maximum Gasteiger partial charge on any atom is 0.392 e. The van der Waals surface area contributed by atoms with E-state index in [0.717, 1.165) is 18.8 Å². The summed E-state index contributed by atoms with van der Waals surface area (Å²) in [6, 6.07) is 7.57. The van der Waals surface area contributed by atoms with E-state index in [0.29, 0.717) is 25.3 Å². The highest BCUT2D eigenvalue weighted by Gasteiger charge is 2.64. The van der Waals surface area contributed by atoms with Gasteiger partial charge in [-0.1, -0.05) is 24.3 Å². The molecule has 1 atom stereocenters. The minimum Gasteiger partial charge on any atom is -0.380 e. The highest BCUT2D eigenvalue weighted by molar-refractivity contribution is 5.75. The van der Waals surface area contributed by atoms with Gasteiger partial charge in [-0.15, -0.1) is 0 Å². The molecule has 7 heteroatoms. The largest absolute Gasteiger partial charge is 0.392 e. The molecule has 2 N–H and O–H groups in total. The van der Waals surface area contributed by atoms with Gasteiger partial charge >= 0.3 is 12.2 Å². The Morgan fingerprint density at radius 2 is 2.00 bits per heavy atom. The lowest BCUT2D eigenvalue weighted by Crippen LogP contribution is -2.54. The Kier molecular flexibility index (Phi) is 3.94. The molecule has 4 nitrogen and oxygen atoms in total. The van der Waals surface area contributed by atoms with E-state index in [-0.39, 0.29) is 12.3 Å². The molecule has 1 heterocycles. The first-order valence-electron chi connectivity index (χ1n) is 8.64. The number of halogens is 3. The molecule has 0 radical (unpaired) electrons.